The maximum atomic E-state index is 14.8. The molecule has 7 nitrogen and oxygen atoms in total. The molecule has 2 aliphatic rings. The van der Waals surface area contributed by atoms with Crippen molar-refractivity contribution >= 4 is 43.7 Å². The number of fused-ring (bicyclic) bond motifs is 3. The van der Waals surface area contributed by atoms with Crippen molar-refractivity contribution < 1.29 is 13.9 Å². The van der Waals surface area contributed by atoms with Gasteiger partial charge in [-0.1, -0.05) is 6.08 Å². The molecule has 0 unspecified atom stereocenters. The van der Waals surface area contributed by atoms with Crippen molar-refractivity contribution in [3.8, 4) is 0 Å². The van der Waals surface area contributed by atoms with Gasteiger partial charge in [-0.25, -0.2) is 19.3 Å². The summed E-state index contributed by atoms with van der Waals surface area (Å²) < 4.78 is 30.2. The topological polar surface area (TPSA) is 88.1 Å². The molecule has 0 spiro atoms. The number of halogens is 2. The fraction of sp³-hybridized carbons (Fsp3) is 0.346. The van der Waals surface area contributed by atoms with E-state index in [0.717, 1.165) is 27.9 Å². The van der Waals surface area contributed by atoms with E-state index in [9.17, 15) is 4.39 Å². The number of aromatic nitrogens is 4. The molecule has 180 valence electrons. The van der Waals surface area contributed by atoms with Crippen molar-refractivity contribution in [1.82, 2.24) is 19.5 Å². The van der Waals surface area contributed by atoms with E-state index < -0.39 is 5.79 Å². The summed E-state index contributed by atoms with van der Waals surface area (Å²) in [5.74, 6) is -0.655. The minimum atomic E-state index is -0.690. The van der Waals surface area contributed by atoms with Gasteiger partial charge in [0, 0.05) is 17.0 Å². The van der Waals surface area contributed by atoms with Crippen LogP contribution in [0.2, 0.25) is 0 Å². The van der Waals surface area contributed by atoms with Crippen molar-refractivity contribution in [2.45, 2.75) is 57.6 Å². The number of nitrogens with two attached hydrogens (primary N) is 1. The monoisotopic (exact) mass is 537 g/mol. The highest BCUT2D eigenvalue weighted by Crippen LogP contribution is 2.45. The zero-order chi connectivity index (χ0) is 24.5. The molecule has 0 bridgehead atoms. The van der Waals surface area contributed by atoms with E-state index in [1.54, 1.807) is 18.5 Å². The molecule has 1 aliphatic carbocycles. The average Bonchev–Trinajstić information content (AvgIpc) is 3.45. The first-order valence-corrected chi connectivity index (χ1v) is 12.4. The van der Waals surface area contributed by atoms with E-state index in [1.165, 1.54) is 0 Å². The first-order valence-electron chi connectivity index (χ1n) is 11.6. The highest BCUT2D eigenvalue weighted by atomic mass is 79.9. The maximum absolute atomic E-state index is 14.8. The van der Waals surface area contributed by atoms with E-state index in [0.29, 0.717) is 34.0 Å². The molecule has 35 heavy (non-hydrogen) atoms. The Morgan fingerprint density at radius 2 is 1.97 bits per heavy atom. The van der Waals surface area contributed by atoms with Crippen molar-refractivity contribution in [2.75, 3.05) is 5.73 Å². The molecule has 0 radical (unpaired) electrons. The van der Waals surface area contributed by atoms with E-state index in [4.69, 9.17) is 15.2 Å². The van der Waals surface area contributed by atoms with Crippen LogP contribution in [0.15, 0.2) is 52.9 Å². The number of anilines is 1. The molecule has 1 aromatic carbocycles. The van der Waals surface area contributed by atoms with E-state index in [2.05, 4.69) is 41.5 Å². The lowest BCUT2D eigenvalue weighted by atomic mass is 10.0. The summed E-state index contributed by atoms with van der Waals surface area (Å²) in [4.78, 5) is 13.2. The van der Waals surface area contributed by atoms with Crippen molar-refractivity contribution in [3.63, 3.8) is 0 Å². The minimum Gasteiger partial charge on any atom is -0.383 e. The van der Waals surface area contributed by atoms with Gasteiger partial charge in [-0.2, -0.15) is 0 Å². The highest BCUT2D eigenvalue weighted by Gasteiger charge is 2.50. The van der Waals surface area contributed by atoms with Crippen LogP contribution in [0.3, 0.4) is 0 Å². The third-order valence-electron chi connectivity index (χ3n) is 6.87. The Labute approximate surface area is 210 Å². The summed E-state index contributed by atoms with van der Waals surface area (Å²) >= 11 is 3.32. The third-order valence-corrected chi connectivity index (χ3v) is 7.51. The first-order chi connectivity index (χ1) is 16.7. The second-order valence-corrected chi connectivity index (χ2v) is 10.5. The molecule has 6 rings (SSSR count). The largest absolute Gasteiger partial charge is 0.383 e. The maximum Gasteiger partial charge on any atom is 0.164 e. The van der Waals surface area contributed by atoms with Crippen molar-refractivity contribution in [3.05, 3.63) is 70.0 Å². The minimum absolute atomic E-state index is 0.0595. The SMILES string of the molecule is Cc1ncnc2c1ccn2[C@@H]1C=C(CCc2cc(F)c3cc(Br)c(N)nc3c2)[C@H]2OC(C)(C)O[C@H]21. The summed E-state index contributed by atoms with van der Waals surface area (Å²) in [6, 6.07) is 7.13. The normalized spacial score (nSPS) is 23.2. The molecular formula is C26H25BrFN5O2. The highest BCUT2D eigenvalue weighted by molar-refractivity contribution is 9.10. The summed E-state index contributed by atoms with van der Waals surface area (Å²) in [6.45, 7) is 5.86. The second-order valence-electron chi connectivity index (χ2n) is 9.67. The Hall–Kier alpha value is -2.88. The number of ether oxygens (including phenoxy) is 2. The standard InChI is InChI=1S/C26H25BrFN5O2/c1-13-16-6-7-33(25(16)31-12-30-13)21-10-15(22-23(21)35-26(2,3)34-22)5-4-14-8-19(28)17-11-18(27)24(29)32-20(17)9-14/h6-12,21-23H,4-5H2,1-3H3,(H2,29,32)/t21-,22-,23+/m1/s1. The summed E-state index contributed by atoms with van der Waals surface area (Å²) in [5, 5.41) is 1.47. The number of aryl methyl sites for hydroxylation is 2. The van der Waals surface area contributed by atoms with Gasteiger partial charge in [-0.3, -0.25) is 0 Å². The molecule has 3 atom stereocenters. The zero-order valence-electron chi connectivity index (χ0n) is 19.6. The van der Waals surface area contributed by atoms with Crippen LogP contribution < -0.4 is 5.73 Å². The van der Waals surface area contributed by atoms with Gasteiger partial charge >= 0.3 is 0 Å². The second kappa shape index (κ2) is 8.08. The molecule has 1 aliphatic heterocycles. The average molecular weight is 538 g/mol. The van der Waals surface area contributed by atoms with E-state index >= 15 is 0 Å². The molecule has 0 saturated carbocycles. The Kier molecular flexibility index (Phi) is 5.21. The number of pyridine rings is 1. The smallest absolute Gasteiger partial charge is 0.164 e. The Morgan fingerprint density at radius 3 is 2.80 bits per heavy atom. The van der Waals surface area contributed by atoms with Crippen LogP contribution in [-0.4, -0.2) is 37.5 Å². The van der Waals surface area contributed by atoms with Gasteiger partial charge in [0.25, 0.3) is 0 Å². The van der Waals surface area contributed by atoms with Crippen LogP contribution in [-0.2, 0) is 15.9 Å². The lowest BCUT2D eigenvalue weighted by Gasteiger charge is -2.22. The fourth-order valence-corrected chi connectivity index (χ4v) is 5.56. The number of hydrogen-bond donors (Lipinski definition) is 1. The first kappa shape index (κ1) is 22.6. The van der Waals surface area contributed by atoms with Gasteiger partial charge in [-0.05, 0) is 84.9 Å². The van der Waals surface area contributed by atoms with Crippen LogP contribution in [0.25, 0.3) is 21.9 Å². The fourth-order valence-electron chi connectivity index (χ4n) is 5.25. The number of rotatable bonds is 4. The predicted molar refractivity (Wildman–Crippen MR) is 135 cm³/mol. The van der Waals surface area contributed by atoms with Gasteiger partial charge in [0.1, 0.15) is 35.8 Å². The van der Waals surface area contributed by atoms with E-state index in [1.807, 2.05) is 39.1 Å². The van der Waals surface area contributed by atoms with Gasteiger partial charge in [0.15, 0.2) is 5.79 Å². The van der Waals surface area contributed by atoms with Crippen LogP contribution in [0, 0.1) is 12.7 Å². The number of nitrogens with zero attached hydrogens (tertiary/aromatic N) is 4. The van der Waals surface area contributed by atoms with Gasteiger partial charge in [-0.15, -0.1) is 0 Å². The molecule has 9 heteroatoms. The number of nitrogen functional groups attached to an aromatic ring is 1. The Balaban J connectivity index is 1.33. The molecule has 2 N–H and O–H groups in total. The molecule has 4 aromatic rings. The van der Waals surface area contributed by atoms with E-state index in [-0.39, 0.29) is 24.1 Å². The van der Waals surface area contributed by atoms with Crippen LogP contribution in [0.5, 0.6) is 0 Å². The Bertz CT molecular complexity index is 1510. The van der Waals surface area contributed by atoms with Crippen LogP contribution in [0.1, 0.15) is 37.6 Å². The third kappa shape index (κ3) is 3.82. The molecule has 3 aromatic heterocycles. The molecule has 4 heterocycles. The van der Waals surface area contributed by atoms with Crippen LogP contribution >= 0.6 is 15.9 Å². The summed E-state index contributed by atoms with van der Waals surface area (Å²) in [5.41, 5.74) is 10.3. The lowest BCUT2D eigenvalue weighted by molar-refractivity contribution is -0.147. The van der Waals surface area contributed by atoms with Gasteiger partial charge in [0.2, 0.25) is 0 Å². The number of benzene rings is 1. The summed E-state index contributed by atoms with van der Waals surface area (Å²) in [7, 11) is 0. The van der Waals surface area contributed by atoms with Crippen molar-refractivity contribution in [2.24, 2.45) is 0 Å². The predicted octanol–water partition coefficient (Wildman–Crippen LogP) is 5.41. The zero-order valence-corrected chi connectivity index (χ0v) is 21.2. The van der Waals surface area contributed by atoms with Gasteiger partial charge in [0.05, 0.1) is 21.7 Å². The summed E-state index contributed by atoms with van der Waals surface area (Å²) in [6.07, 6.45) is 6.85. The molecular weight excluding hydrogens is 513 g/mol. The molecule has 1 saturated heterocycles. The molecule has 0 amide bonds. The quantitative estimate of drug-likeness (QED) is 0.350. The lowest BCUT2D eigenvalue weighted by Crippen LogP contribution is -2.27. The van der Waals surface area contributed by atoms with Crippen LogP contribution in [0.4, 0.5) is 10.2 Å². The molecule has 1 fully saturated rings. The number of hydrogen-bond acceptors (Lipinski definition) is 6. The van der Waals surface area contributed by atoms with Gasteiger partial charge < -0.3 is 19.8 Å². The Morgan fingerprint density at radius 1 is 1.14 bits per heavy atom. The van der Waals surface area contributed by atoms with Crippen molar-refractivity contribution in [1.29, 1.82) is 0 Å².